The van der Waals surface area contributed by atoms with Gasteiger partial charge in [-0.1, -0.05) is 24.3 Å². The molecule has 0 N–H and O–H groups in total. The number of rotatable bonds is 6. The molecule has 0 radical (unpaired) electrons. The summed E-state index contributed by atoms with van der Waals surface area (Å²) >= 11 is 0. The molecule has 0 saturated carbocycles. The summed E-state index contributed by atoms with van der Waals surface area (Å²) in [5.41, 5.74) is 5.96. The number of hydrogen-bond donors (Lipinski definition) is 0. The minimum absolute atomic E-state index is 0.258. The zero-order chi connectivity index (χ0) is 21.1. The molecule has 0 saturated heterocycles. The van der Waals surface area contributed by atoms with Gasteiger partial charge in [0.15, 0.2) is 0 Å². The number of methoxy groups -OCH3 is 3. The Bertz CT molecular complexity index is 1000. The second kappa shape index (κ2) is 8.76. The SMILES string of the molecule is COc1cc2c(c(OC)c1)C(Cc1ccc(-c3cnccc3OC)cc1)N(C)CC2. The van der Waals surface area contributed by atoms with E-state index < -0.39 is 0 Å². The maximum absolute atomic E-state index is 5.75. The minimum atomic E-state index is 0.258. The van der Waals surface area contributed by atoms with Crippen LogP contribution in [0.3, 0.4) is 0 Å². The molecule has 0 spiro atoms. The summed E-state index contributed by atoms with van der Waals surface area (Å²) in [6.07, 6.45) is 5.50. The van der Waals surface area contributed by atoms with Crippen LogP contribution in [-0.2, 0) is 12.8 Å². The molecule has 5 nitrogen and oxygen atoms in total. The lowest BCUT2D eigenvalue weighted by Gasteiger charge is -2.36. The van der Waals surface area contributed by atoms with Gasteiger partial charge in [-0.2, -0.15) is 0 Å². The predicted molar refractivity (Wildman–Crippen MR) is 119 cm³/mol. The zero-order valence-corrected chi connectivity index (χ0v) is 18.0. The van der Waals surface area contributed by atoms with Gasteiger partial charge in [0, 0.05) is 42.2 Å². The number of ether oxygens (including phenoxy) is 3. The predicted octanol–water partition coefficient (Wildman–Crippen LogP) is 4.55. The van der Waals surface area contributed by atoms with Crippen LogP contribution >= 0.6 is 0 Å². The number of nitrogens with zero attached hydrogens (tertiary/aromatic N) is 2. The normalized spacial score (nSPS) is 16.1. The average Bonchev–Trinajstić information content (AvgIpc) is 2.80. The third kappa shape index (κ3) is 3.85. The molecule has 1 aliphatic rings. The molecule has 156 valence electrons. The lowest BCUT2D eigenvalue weighted by molar-refractivity contribution is 0.222. The molecule has 1 aromatic heterocycles. The van der Waals surface area contributed by atoms with Crippen LogP contribution in [0.5, 0.6) is 17.2 Å². The molecule has 1 aliphatic heterocycles. The summed E-state index contributed by atoms with van der Waals surface area (Å²) < 4.78 is 16.7. The van der Waals surface area contributed by atoms with Gasteiger partial charge in [-0.05, 0) is 48.7 Å². The van der Waals surface area contributed by atoms with Gasteiger partial charge in [-0.3, -0.25) is 9.88 Å². The molecule has 0 amide bonds. The second-order valence-corrected chi connectivity index (χ2v) is 7.63. The number of hydrogen-bond acceptors (Lipinski definition) is 5. The van der Waals surface area contributed by atoms with E-state index in [4.69, 9.17) is 14.2 Å². The topological polar surface area (TPSA) is 43.8 Å². The Labute approximate surface area is 178 Å². The quantitative estimate of drug-likeness (QED) is 0.603. The van der Waals surface area contributed by atoms with Crippen LogP contribution in [0.2, 0.25) is 0 Å². The Kier molecular flexibility index (Phi) is 5.91. The van der Waals surface area contributed by atoms with Crippen molar-refractivity contribution in [2.45, 2.75) is 18.9 Å². The van der Waals surface area contributed by atoms with E-state index in [1.54, 1.807) is 27.5 Å². The van der Waals surface area contributed by atoms with E-state index in [0.717, 1.165) is 47.8 Å². The molecule has 0 bridgehead atoms. The number of benzene rings is 2. The summed E-state index contributed by atoms with van der Waals surface area (Å²) in [6.45, 7) is 1.01. The molecule has 1 atom stereocenters. The summed E-state index contributed by atoms with van der Waals surface area (Å²) in [5, 5.41) is 0. The van der Waals surface area contributed by atoms with E-state index >= 15 is 0 Å². The van der Waals surface area contributed by atoms with E-state index in [-0.39, 0.29) is 6.04 Å². The Morgan fingerprint density at radius 2 is 1.73 bits per heavy atom. The molecule has 5 heteroatoms. The average molecular weight is 405 g/mol. The van der Waals surface area contributed by atoms with Crippen molar-refractivity contribution in [3.63, 3.8) is 0 Å². The molecule has 30 heavy (non-hydrogen) atoms. The Morgan fingerprint density at radius 3 is 2.43 bits per heavy atom. The van der Waals surface area contributed by atoms with Crippen molar-refractivity contribution in [3.8, 4) is 28.4 Å². The third-order valence-corrected chi connectivity index (χ3v) is 5.95. The molecule has 1 unspecified atom stereocenters. The highest BCUT2D eigenvalue weighted by Crippen LogP contribution is 2.40. The molecule has 0 aliphatic carbocycles. The van der Waals surface area contributed by atoms with Crippen molar-refractivity contribution in [2.24, 2.45) is 0 Å². The standard InChI is InChI=1S/C25H28N2O3/c1-27-12-10-19-14-20(28-2)15-24(30-4)25(19)22(27)13-17-5-7-18(8-6-17)21-16-26-11-9-23(21)29-3/h5-9,11,14-16,22H,10,12-13H2,1-4H3. The van der Waals surface area contributed by atoms with Crippen molar-refractivity contribution in [2.75, 3.05) is 34.9 Å². The van der Waals surface area contributed by atoms with Crippen molar-refractivity contribution >= 4 is 0 Å². The number of aromatic nitrogens is 1. The Morgan fingerprint density at radius 1 is 0.967 bits per heavy atom. The molecule has 0 fully saturated rings. The highest BCUT2D eigenvalue weighted by Gasteiger charge is 2.29. The zero-order valence-electron chi connectivity index (χ0n) is 18.0. The molecular weight excluding hydrogens is 376 g/mol. The number of fused-ring (bicyclic) bond motifs is 1. The van der Waals surface area contributed by atoms with Crippen molar-refractivity contribution in [3.05, 3.63) is 71.5 Å². The lowest BCUT2D eigenvalue weighted by atomic mass is 9.87. The van der Waals surface area contributed by atoms with E-state index in [9.17, 15) is 0 Å². The largest absolute Gasteiger partial charge is 0.497 e. The van der Waals surface area contributed by atoms with Crippen LogP contribution in [0.4, 0.5) is 0 Å². The second-order valence-electron chi connectivity index (χ2n) is 7.63. The monoisotopic (exact) mass is 404 g/mol. The third-order valence-electron chi connectivity index (χ3n) is 5.95. The number of pyridine rings is 1. The van der Waals surface area contributed by atoms with E-state index in [0.29, 0.717) is 0 Å². The molecular formula is C25H28N2O3. The molecule has 2 aromatic carbocycles. The van der Waals surface area contributed by atoms with Crippen molar-refractivity contribution < 1.29 is 14.2 Å². The van der Waals surface area contributed by atoms with Gasteiger partial charge in [-0.15, -0.1) is 0 Å². The summed E-state index contributed by atoms with van der Waals surface area (Å²) in [7, 11) is 7.31. The lowest BCUT2D eigenvalue weighted by Crippen LogP contribution is -2.33. The van der Waals surface area contributed by atoms with Gasteiger partial charge in [0.1, 0.15) is 17.2 Å². The van der Waals surface area contributed by atoms with E-state index in [2.05, 4.69) is 47.3 Å². The maximum atomic E-state index is 5.75. The van der Waals surface area contributed by atoms with Crippen molar-refractivity contribution in [1.29, 1.82) is 0 Å². The van der Waals surface area contributed by atoms with E-state index in [1.165, 1.54) is 16.7 Å². The van der Waals surface area contributed by atoms with Crippen LogP contribution < -0.4 is 14.2 Å². The van der Waals surface area contributed by atoms with Crippen molar-refractivity contribution in [1.82, 2.24) is 9.88 Å². The summed E-state index contributed by atoms with van der Waals surface area (Å²) in [5.74, 6) is 2.58. The number of likely N-dealkylation sites (N-methyl/N-ethyl adjacent to an activating group) is 1. The van der Waals surface area contributed by atoms with Gasteiger partial charge in [-0.25, -0.2) is 0 Å². The van der Waals surface area contributed by atoms with Crippen LogP contribution in [0.25, 0.3) is 11.1 Å². The van der Waals surface area contributed by atoms with Crippen LogP contribution in [0.15, 0.2) is 54.9 Å². The first-order chi connectivity index (χ1) is 14.6. The van der Waals surface area contributed by atoms with Crippen LogP contribution in [-0.4, -0.2) is 44.8 Å². The van der Waals surface area contributed by atoms with Gasteiger partial charge in [0.25, 0.3) is 0 Å². The highest BCUT2D eigenvalue weighted by molar-refractivity contribution is 5.69. The smallest absolute Gasteiger partial charge is 0.129 e. The summed E-state index contributed by atoms with van der Waals surface area (Å²) in [4.78, 5) is 6.66. The van der Waals surface area contributed by atoms with Gasteiger partial charge < -0.3 is 14.2 Å². The summed E-state index contributed by atoms with van der Waals surface area (Å²) in [6, 6.07) is 15.0. The molecule has 3 aromatic rings. The maximum Gasteiger partial charge on any atom is 0.129 e. The van der Waals surface area contributed by atoms with Gasteiger partial charge >= 0.3 is 0 Å². The van der Waals surface area contributed by atoms with Gasteiger partial charge in [0.2, 0.25) is 0 Å². The van der Waals surface area contributed by atoms with Crippen LogP contribution in [0, 0.1) is 0 Å². The minimum Gasteiger partial charge on any atom is -0.497 e. The Hall–Kier alpha value is -3.05. The fraction of sp³-hybridized carbons (Fsp3) is 0.320. The van der Waals surface area contributed by atoms with Gasteiger partial charge in [0.05, 0.1) is 21.3 Å². The highest BCUT2D eigenvalue weighted by atomic mass is 16.5. The first-order valence-electron chi connectivity index (χ1n) is 10.2. The first kappa shape index (κ1) is 20.2. The molecule has 2 heterocycles. The fourth-order valence-corrected chi connectivity index (χ4v) is 4.28. The fourth-order valence-electron chi connectivity index (χ4n) is 4.28. The van der Waals surface area contributed by atoms with Crippen LogP contribution in [0.1, 0.15) is 22.7 Å². The first-order valence-corrected chi connectivity index (χ1v) is 10.2. The molecule has 4 rings (SSSR count). The Balaban J connectivity index is 1.64. The van der Waals surface area contributed by atoms with E-state index in [1.807, 2.05) is 18.3 Å².